The van der Waals surface area contributed by atoms with Crippen LogP contribution in [0.25, 0.3) is 0 Å². The molecule has 1 amide bonds. The molecule has 116 valence electrons. The Kier molecular flexibility index (Phi) is 5.33. The van der Waals surface area contributed by atoms with E-state index in [9.17, 15) is 4.79 Å². The zero-order chi connectivity index (χ0) is 16.3. The summed E-state index contributed by atoms with van der Waals surface area (Å²) in [4.78, 5) is 12.3. The van der Waals surface area contributed by atoms with Crippen LogP contribution >= 0.6 is 23.2 Å². The van der Waals surface area contributed by atoms with Gasteiger partial charge in [-0.1, -0.05) is 40.9 Å². The maximum Gasteiger partial charge on any atom is 0.246 e. The molecule has 0 radical (unpaired) electrons. The molecule has 2 aromatic rings. The van der Waals surface area contributed by atoms with E-state index >= 15 is 0 Å². The van der Waals surface area contributed by atoms with E-state index in [2.05, 4.69) is 16.7 Å². The van der Waals surface area contributed by atoms with Crippen molar-refractivity contribution in [3.8, 4) is 0 Å². The van der Waals surface area contributed by atoms with Gasteiger partial charge in [-0.2, -0.15) is 0 Å². The summed E-state index contributed by atoms with van der Waals surface area (Å²) in [5.74, 6) is -0.163. The molecule has 0 aromatic heterocycles. The second-order valence-electron chi connectivity index (χ2n) is 5.30. The fourth-order valence-electron chi connectivity index (χ4n) is 2.11. The maximum absolute atomic E-state index is 12.3. The molecule has 0 bridgehead atoms. The van der Waals surface area contributed by atoms with Crippen molar-refractivity contribution in [1.82, 2.24) is 0 Å². The summed E-state index contributed by atoms with van der Waals surface area (Å²) in [5.41, 5.74) is 3.78. The van der Waals surface area contributed by atoms with Gasteiger partial charge in [-0.05, 0) is 50.6 Å². The van der Waals surface area contributed by atoms with E-state index in [4.69, 9.17) is 23.2 Å². The normalized spacial score (nSPS) is 11.9. The Morgan fingerprint density at radius 3 is 2.36 bits per heavy atom. The molecule has 2 N–H and O–H groups in total. The van der Waals surface area contributed by atoms with Crippen molar-refractivity contribution >= 4 is 40.5 Å². The lowest BCUT2D eigenvalue weighted by molar-refractivity contribution is -0.116. The lowest BCUT2D eigenvalue weighted by Crippen LogP contribution is -2.32. The fourth-order valence-corrected chi connectivity index (χ4v) is 2.56. The van der Waals surface area contributed by atoms with Crippen LogP contribution in [0, 0.1) is 13.8 Å². The number of rotatable bonds is 4. The van der Waals surface area contributed by atoms with Gasteiger partial charge in [0.25, 0.3) is 0 Å². The molecule has 0 aliphatic rings. The van der Waals surface area contributed by atoms with E-state index in [1.807, 2.05) is 26.0 Å². The van der Waals surface area contributed by atoms with E-state index in [1.165, 1.54) is 5.56 Å². The predicted molar refractivity (Wildman–Crippen MR) is 94.1 cm³/mol. The molecule has 0 saturated heterocycles. The number of aryl methyl sites for hydroxylation is 2. The number of nitrogens with one attached hydrogen (secondary N) is 2. The average molecular weight is 337 g/mol. The zero-order valence-corrected chi connectivity index (χ0v) is 14.2. The molecule has 5 heteroatoms. The standard InChI is InChI=1S/C17H18Cl2N2O/c1-10-4-6-15(11(2)8-10)20-12(3)17(22)21-16-7-5-13(18)9-14(16)19/h4-9,12,20H,1-3H3,(H,21,22)/t12-/m0/s1. The van der Waals surface area contributed by atoms with Gasteiger partial charge in [0, 0.05) is 10.7 Å². The SMILES string of the molecule is Cc1ccc(N[C@@H](C)C(=O)Nc2ccc(Cl)cc2Cl)c(C)c1. The molecule has 0 spiro atoms. The second kappa shape index (κ2) is 7.03. The van der Waals surface area contributed by atoms with Gasteiger partial charge in [0.05, 0.1) is 10.7 Å². The van der Waals surface area contributed by atoms with Gasteiger partial charge in [-0.3, -0.25) is 4.79 Å². The number of carbonyl (C=O) groups excluding carboxylic acids is 1. The Bertz CT molecular complexity index is 701. The molecule has 3 nitrogen and oxygen atoms in total. The maximum atomic E-state index is 12.3. The third kappa shape index (κ3) is 4.15. The third-order valence-corrected chi connectivity index (χ3v) is 3.88. The first-order valence-electron chi connectivity index (χ1n) is 6.96. The van der Waals surface area contributed by atoms with Crippen LogP contribution < -0.4 is 10.6 Å². The number of anilines is 2. The van der Waals surface area contributed by atoms with E-state index in [1.54, 1.807) is 25.1 Å². The molecule has 0 unspecified atom stereocenters. The van der Waals surface area contributed by atoms with Crippen LogP contribution in [0.2, 0.25) is 10.0 Å². The van der Waals surface area contributed by atoms with Gasteiger partial charge in [-0.25, -0.2) is 0 Å². The number of hydrogen-bond donors (Lipinski definition) is 2. The Morgan fingerprint density at radius 2 is 1.73 bits per heavy atom. The average Bonchev–Trinajstić information content (AvgIpc) is 2.44. The minimum Gasteiger partial charge on any atom is -0.374 e. The predicted octanol–water partition coefficient (Wildman–Crippen LogP) is 5.05. The van der Waals surface area contributed by atoms with Crippen LogP contribution in [0.4, 0.5) is 11.4 Å². The van der Waals surface area contributed by atoms with Crippen molar-refractivity contribution < 1.29 is 4.79 Å². The molecule has 0 aliphatic carbocycles. The first kappa shape index (κ1) is 16.7. The van der Waals surface area contributed by atoms with E-state index < -0.39 is 6.04 Å². The smallest absolute Gasteiger partial charge is 0.246 e. The summed E-state index contributed by atoms with van der Waals surface area (Å²) >= 11 is 11.9. The highest BCUT2D eigenvalue weighted by molar-refractivity contribution is 6.36. The molecule has 2 rings (SSSR count). The van der Waals surface area contributed by atoms with Gasteiger partial charge in [-0.15, -0.1) is 0 Å². The number of amides is 1. The van der Waals surface area contributed by atoms with E-state index in [-0.39, 0.29) is 5.91 Å². The van der Waals surface area contributed by atoms with Gasteiger partial charge >= 0.3 is 0 Å². The minimum atomic E-state index is -0.395. The minimum absolute atomic E-state index is 0.163. The van der Waals surface area contributed by atoms with Crippen LogP contribution in [-0.4, -0.2) is 11.9 Å². The summed E-state index contributed by atoms with van der Waals surface area (Å²) in [5, 5.41) is 6.95. The monoisotopic (exact) mass is 336 g/mol. The van der Waals surface area contributed by atoms with E-state index in [0.29, 0.717) is 15.7 Å². The Morgan fingerprint density at radius 1 is 1.05 bits per heavy atom. The van der Waals surface area contributed by atoms with Crippen molar-refractivity contribution in [2.45, 2.75) is 26.8 Å². The molecular weight excluding hydrogens is 319 g/mol. The highest BCUT2D eigenvalue weighted by Gasteiger charge is 2.15. The van der Waals surface area contributed by atoms with Crippen LogP contribution in [-0.2, 0) is 4.79 Å². The van der Waals surface area contributed by atoms with Crippen molar-refractivity contribution in [3.05, 3.63) is 57.6 Å². The molecule has 0 heterocycles. The van der Waals surface area contributed by atoms with Crippen LogP contribution in [0.3, 0.4) is 0 Å². The van der Waals surface area contributed by atoms with Gasteiger partial charge in [0.1, 0.15) is 6.04 Å². The van der Waals surface area contributed by atoms with Crippen molar-refractivity contribution in [2.75, 3.05) is 10.6 Å². The molecule has 0 fully saturated rings. The number of carbonyl (C=O) groups is 1. The lowest BCUT2D eigenvalue weighted by atomic mass is 10.1. The van der Waals surface area contributed by atoms with E-state index in [0.717, 1.165) is 11.3 Å². The molecule has 1 atom stereocenters. The first-order valence-corrected chi connectivity index (χ1v) is 7.72. The number of halogens is 2. The van der Waals surface area contributed by atoms with Crippen LogP contribution in [0.1, 0.15) is 18.1 Å². The largest absolute Gasteiger partial charge is 0.374 e. The van der Waals surface area contributed by atoms with Gasteiger partial charge < -0.3 is 10.6 Å². The fraction of sp³-hybridized carbons (Fsp3) is 0.235. The number of hydrogen-bond acceptors (Lipinski definition) is 2. The second-order valence-corrected chi connectivity index (χ2v) is 6.14. The molecule has 0 aliphatic heterocycles. The number of benzene rings is 2. The summed E-state index contributed by atoms with van der Waals surface area (Å²) < 4.78 is 0. The third-order valence-electron chi connectivity index (χ3n) is 3.34. The Labute approximate surface area is 140 Å². The quantitative estimate of drug-likeness (QED) is 0.820. The highest BCUT2D eigenvalue weighted by atomic mass is 35.5. The Hall–Kier alpha value is -1.71. The van der Waals surface area contributed by atoms with Crippen LogP contribution in [0.5, 0.6) is 0 Å². The summed E-state index contributed by atoms with van der Waals surface area (Å²) in [6, 6.07) is 10.6. The lowest BCUT2D eigenvalue weighted by Gasteiger charge is -2.17. The van der Waals surface area contributed by atoms with Gasteiger partial charge in [0.2, 0.25) is 5.91 Å². The highest BCUT2D eigenvalue weighted by Crippen LogP contribution is 2.25. The van der Waals surface area contributed by atoms with Gasteiger partial charge in [0.15, 0.2) is 0 Å². The van der Waals surface area contributed by atoms with Crippen molar-refractivity contribution in [1.29, 1.82) is 0 Å². The van der Waals surface area contributed by atoms with Crippen molar-refractivity contribution in [2.24, 2.45) is 0 Å². The van der Waals surface area contributed by atoms with Crippen molar-refractivity contribution in [3.63, 3.8) is 0 Å². The molecule has 2 aromatic carbocycles. The first-order chi connectivity index (χ1) is 10.4. The topological polar surface area (TPSA) is 41.1 Å². The summed E-state index contributed by atoms with van der Waals surface area (Å²) in [6.45, 7) is 5.85. The van der Waals surface area contributed by atoms with Crippen LogP contribution in [0.15, 0.2) is 36.4 Å². The summed E-state index contributed by atoms with van der Waals surface area (Å²) in [6.07, 6.45) is 0. The molecule has 0 saturated carbocycles. The zero-order valence-electron chi connectivity index (χ0n) is 12.7. The summed E-state index contributed by atoms with van der Waals surface area (Å²) in [7, 11) is 0. The molecule has 22 heavy (non-hydrogen) atoms. The molecular formula is C17H18Cl2N2O. The Balaban J connectivity index is 2.05.